The van der Waals surface area contributed by atoms with E-state index in [2.05, 4.69) is 12.2 Å². The van der Waals surface area contributed by atoms with E-state index in [1.165, 1.54) is 0 Å². The SMILES string of the molecule is CCc1cccc(C)c1NC(=O)CC(N)c1ccccc1. The number of nitrogens with two attached hydrogens (primary N) is 1. The monoisotopic (exact) mass is 282 g/mol. The molecule has 1 unspecified atom stereocenters. The Morgan fingerprint density at radius 2 is 1.86 bits per heavy atom. The highest BCUT2D eigenvalue weighted by molar-refractivity contribution is 5.92. The summed E-state index contributed by atoms with van der Waals surface area (Å²) in [5.41, 5.74) is 10.2. The second-order valence-corrected chi connectivity index (χ2v) is 5.23. The molecule has 0 aliphatic heterocycles. The van der Waals surface area contributed by atoms with E-state index in [1.807, 2.05) is 55.5 Å². The predicted octanol–water partition coefficient (Wildman–Crippen LogP) is 3.59. The number of carbonyl (C=O) groups excluding carboxylic acids is 1. The summed E-state index contributed by atoms with van der Waals surface area (Å²) in [5, 5.41) is 3.01. The number of para-hydroxylation sites is 1. The Balaban J connectivity index is 2.06. The van der Waals surface area contributed by atoms with Gasteiger partial charge in [0.15, 0.2) is 0 Å². The van der Waals surface area contributed by atoms with E-state index >= 15 is 0 Å². The van der Waals surface area contributed by atoms with Gasteiger partial charge in [0.25, 0.3) is 0 Å². The van der Waals surface area contributed by atoms with Gasteiger partial charge in [-0.3, -0.25) is 4.79 Å². The maximum atomic E-state index is 12.2. The third-order valence-corrected chi connectivity index (χ3v) is 3.64. The van der Waals surface area contributed by atoms with Gasteiger partial charge in [-0.15, -0.1) is 0 Å². The molecule has 3 heteroatoms. The Labute approximate surface area is 126 Å². The molecule has 0 aromatic heterocycles. The largest absolute Gasteiger partial charge is 0.326 e. The molecule has 3 nitrogen and oxygen atoms in total. The van der Waals surface area contributed by atoms with Crippen LogP contribution in [0.5, 0.6) is 0 Å². The molecule has 0 saturated heterocycles. The summed E-state index contributed by atoms with van der Waals surface area (Å²) in [6.45, 7) is 4.09. The average molecular weight is 282 g/mol. The van der Waals surface area contributed by atoms with E-state index in [0.29, 0.717) is 0 Å². The van der Waals surface area contributed by atoms with Crippen LogP contribution in [0.4, 0.5) is 5.69 Å². The fraction of sp³-hybridized carbons (Fsp3) is 0.278. The van der Waals surface area contributed by atoms with Crippen LogP contribution in [0.15, 0.2) is 48.5 Å². The molecule has 0 bridgehead atoms. The van der Waals surface area contributed by atoms with Gasteiger partial charge in [0.2, 0.25) is 5.91 Å². The summed E-state index contributed by atoms with van der Waals surface area (Å²) in [6, 6.07) is 15.5. The minimum absolute atomic E-state index is 0.0460. The minimum Gasteiger partial charge on any atom is -0.326 e. The number of benzene rings is 2. The number of rotatable bonds is 5. The zero-order chi connectivity index (χ0) is 15.2. The molecule has 0 aliphatic rings. The highest BCUT2D eigenvalue weighted by atomic mass is 16.1. The average Bonchev–Trinajstić information content (AvgIpc) is 2.50. The summed E-state index contributed by atoms with van der Waals surface area (Å²) in [7, 11) is 0. The van der Waals surface area contributed by atoms with Gasteiger partial charge in [0.05, 0.1) is 0 Å². The Morgan fingerprint density at radius 1 is 1.14 bits per heavy atom. The second-order valence-electron chi connectivity index (χ2n) is 5.23. The van der Waals surface area contributed by atoms with Crippen molar-refractivity contribution < 1.29 is 4.79 Å². The zero-order valence-electron chi connectivity index (χ0n) is 12.6. The normalized spacial score (nSPS) is 12.0. The van der Waals surface area contributed by atoms with Crippen LogP contribution in [-0.4, -0.2) is 5.91 Å². The highest BCUT2D eigenvalue weighted by Gasteiger charge is 2.13. The maximum absolute atomic E-state index is 12.2. The number of hydrogen-bond acceptors (Lipinski definition) is 2. The topological polar surface area (TPSA) is 55.1 Å². The molecule has 21 heavy (non-hydrogen) atoms. The lowest BCUT2D eigenvalue weighted by Crippen LogP contribution is -2.21. The van der Waals surface area contributed by atoms with Gasteiger partial charge in [0.1, 0.15) is 0 Å². The van der Waals surface area contributed by atoms with Gasteiger partial charge in [-0.25, -0.2) is 0 Å². The highest BCUT2D eigenvalue weighted by Crippen LogP contribution is 2.22. The lowest BCUT2D eigenvalue weighted by molar-refractivity contribution is -0.116. The lowest BCUT2D eigenvalue weighted by Gasteiger charge is -2.15. The van der Waals surface area contributed by atoms with Gasteiger partial charge < -0.3 is 11.1 Å². The molecule has 2 rings (SSSR count). The van der Waals surface area contributed by atoms with E-state index in [-0.39, 0.29) is 18.4 Å². The molecule has 0 heterocycles. The van der Waals surface area contributed by atoms with E-state index in [4.69, 9.17) is 5.73 Å². The van der Waals surface area contributed by atoms with Crippen molar-refractivity contribution in [3.63, 3.8) is 0 Å². The molecular weight excluding hydrogens is 260 g/mol. The summed E-state index contributed by atoms with van der Waals surface area (Å²) in [5.74, 6) is -0.0460. The van der Waals surface area contributed by atoms with Gasteiger partial charge in [-0.1, -0.05) is 55.5 Å². The van der Waals surface area contributed by atoms with Crippen molar-refractivity contribution in [2.75, 3.05) is 5.32 Å². The van der Waals surface area contributed by atoms with Crippen LogP contribution in [0.3, 0.4) is 0 Å². The third kappa shape index (κ3) is 3.92. The Morgan fingerprint density at radius 3 is 2.52 bits per heavy atom. The summed E-state index contributed by atoms with van der Waals surface area (Å²) < 4.78 is 0. The number of hydrogen-bond donors (Lipinski definition) is 2. The van der Waals surface area contributed by atoms with Crippen LogP contribution in [0.25, 0.3) is 0 Å². The number of nitrogens with one attached hydrogen (secondary N) is 1. The van der Waals surface area contributed by atoms with Gasteiger partial charge in [-0.2, -0.15) is 0 Å². The molecule has 0 radical (unpaired) electrons. The molecule has 1 amide bonds. The van der Waals surface area contributed by atoms with Crippen molar-refractivity contribution in [2.24, 2.45) is 5.73 Å². The zero-order valence-corrected chi connectivity index (χ0v) is 12.6. The third-order valence-electron chi connectivity index (χ3n) is 3.64. The fourth-order valence-electron chi connectivity index (χ4n) is 2.41. The quantitative estimate of drug-likeness (QED) is 0.880. The van der Waals surface area contributed by atoms with Crippen molar-refractivity contribution in [3.05, 3.63) is 65.2 Å². The standard InChI is InChI=1S/C18H22N2O/c1-3-14-11-7-8-13(2)18(14)20-17(21)12-16(19)15-9-5-4-6-10-15/h4-11,16H,3,12,19H2,1-2H3,(H,20,21). The predicted molar refractivity (Wildman–Crippen MR) is 87.2 cm³/mol. The summed E-state index contributed by atoms with van der Waals surface area (Å²) in [4.78, 5) is 12.2. The van der Waals surface area contributed by atoms with E-state index < -0.39 is 0 Å². The van der Waals surface area contributed by atoms with Crippen molar-refractivity contribution >= 4 is 11.6 Å². The molecule has 2 aromatic rings. The second kappa shape index (κ2) is 7.04. The minimum atomic E-state index is -0.278. The smallest absolute Gasteiger partial charge is 0.226 e. The maximum Gasteiger partial charge on any atom is 0.226 e. The molecular formula is C18H22N2O. The fourth-order valence-corrected chi connectivity index (χ4v) is 2.41. The number of amides is 1. The molecule has 0 aliphatic carbocycles. The summed E-state index contributed by atoms with van der Waals surface area (Å²) in [6.07, 6.45) is 1.17. The first-order valence-corrected chi connectivity index (χ1v) is 7.30. The Kier molecular flexibility index (Phi) is 5.12. The molecule has 0 fully saturated rings. The van der Waals surface area contributed by atoms with Crippen LogP contribution in [0, 0.1) is 6.92 Å². The lowest BCUT2D eigenvalue weighted by atomic mass is 10.0. The molecule has 110 valence electrons. The van der Waals surface area contributed by atoms with E-state index in [9.17, 15) is 4.79 Å². The van der Waals surface area contributed by atoms with E-state index in [1.54, 1.807) is 0 Å². The van der Waals surface area contributed by atoms with E-state index in [0.717, 1.165) is 28.8 Å². The Bertz CT molecular complexity index is 608. The first-order chi connectivity index (χ1) is 10.1. The van der Waals surface area contributed by atoms with Crippen molar-refractivity contribution in [3.8, 4) is 0 Å². The molecule has 2 aromatic carbocycles. The van der Waals surface area contributed by atoms with Gasteiger partial charge >= 0.3 is 0 Å². The number of carbonyl (C=O) groups is 1. The molecule has 0 spiro atoms. The van der Waals surface area contributed by atoms with Crippen LogP contribution in [-0.2, 0) is 11.2 Å². The Hall–Kier alpha value is -2.13. The van der Waals surface area contributed by atoms with Gasteiger partial charge in [0, 0.05) is 18.2 Å². The van der Waals surface area contributed by atoms with Crippen LogP contribution in [0.2, 0.25) is 0 Å². The van der Waals surface area contributed by atoms with Crippen molar-refractivity contribution in [1.29, 1.82) is 0 Å². The first kappa shape index (κ1) is 15.3. The van der Waals surface area contributed by atoms with Crippen LogP contribution >= 0.6 is 0 Å². The van der Waals surface area contributed by atoms with Crippen LogP contribution < -0.4 is 11.1 Å². The molecule has 0 saturated carbocycles. The summed E-state index contributed by atoms with van der Waals surface area (Å²) >= 11 is 0. The molecule has 3 N–H and O–H groups in total. The number of anilines is 1. The number of aryl methyl sites for hydroxylation is 2. The first-order valence-electron chi connectivity index (χ1n) is 7.30. The molecule has 1 atom stereocenters. The van der Waals surface area contributed by atoms with Crippen molar-refractivity contribution in [1.82, 2.24) is 0 Å². The van der Waals surface area contributed by atoms with Crippen molar-refractivity contribution in [2.45, 2.75) is 32.7 Å². The van der Waals surface area contributed by atoms with Gasteiger partial charge in [-0.05, 0) is 30.0 Å². The van der Waals surface area contributed by atoms with Crippen LogP contribution in [0.1, 0.15) is 36.1 Å².